The number of carbonyl (C=O) groups is 1. The normalized spacial score (nSPS) is 15.9. The Hall–Kier alpha value is -2.93. The summed E-state index contributed by atoms with van der Waals surface area (Å²) in [6.07, 6.45) is 7.12. The molecule has 1 aliphatic heterocycles. The summed E-state index contributed by atoms with van der Waals surface area (Å²) in [6, 6.07) is 9.95. The van der Waals surface area contributed by atoms with E-state index in [1.165, 1.54) is 18.5 Å². The standard InChI is InChI=1S/C22H25N5O2/c1-25(12-17-11-23-26(14-17)18-5-3-2-4-6-18)22(28)21-19-15-29-10-9-20(19)27(24-21)13-16-7-8-16/h2-6,11,14,16H,7-10,12-13,15H2,1H3. The first-order valence-corrected chi connectivity index (χ1v) is 10.2. The van der Waals surface area contributed by atoms with Crippen LogP contribution in [0, 0.1) is 5.92 Å². The smallest absolute Gasteiger partial charge is 0.274 e. The fraction of sp³-hybridized carbons (Fsp3) is 0.409. The van der Waals surface area contributed by atoms with E-state index in [-0.39, 0.29) is 5.91 Å². The van der Waals surface area contributed by atoms with Crippen molar-refractivity contribution in [1.29, 1.82) is 0 Å². The lowest BCUT2D eigenvalue weighted by molar-refractivity contribution is 0.0764. The third-order valence-electron chi connectivity index (χ3n) is 5.65. The average molecular weight is 391 g/mol. The summed E-state index contributed by atoms with van der Waals surface area (Å²) in [5.41, 5.74) is 4.66. The SMILES string of the molecule is CN(Cc1cnn(-c2ccccc2)c1)C(=O)c1nn(CC2CC2)c2c1COCC2. The van der Waals surface area contributed by atoms with Gasteiger partial charge in [-0.2, -0.15) is 10.2 Å². The van der Waals surface area contributed by atoms with Gasteiger partial charge in [-0.1, -0.05) is 18.2 Å². The van der Waals surface area contributed by atoms with Crippen molar-refractivity contribution in [3.8, 4) is 5.69 Å². The Kier molecular flexibility index (Phi) is 4.67. The molecule has 5 rings (SSSR count). The Labute approximate surface area is 169 Å². The van der Waals surface area contributed by atoms with E-state index in [1.807, 2.05) is 48.3 Å². The monoisotopic (exact) mass is 391 g/mol. The van der Waals surface area contributed by atoms with Gasteiger partial charge >= 0.3 is 0 Å². The molecule has 0 N–H and O–H groups in total. The fourth-order valence-corrected chi connectivity index (χ4v) is 3.87. The van der Waals surface area contributed by atoms with E-state index in [9.17, 15) is 4.79 Å². The van der Waals surface area contributed by atoms with Crippen molar-refractivity contribution in [2.24, 2.45) is 5.92 Å². The fourth-order valence-electron chi connectivity index (χ4n) is 3.87. The molecule has 0 atom stereocenters. The molecular weight excluding hydrogens is 366 g/mol. The van der Waals surface area contributed by atoms with Crippen LogP contribution in [0.3, 0.4) is 0 Å². The van der Waals surface area contributed by atoms with E-state index in [1.54, 1.807) is 11.1 Å². The van der Waals surface area contributed by atoms with Gasteiger partial charge in [0.2, 0.25) is 0 Å². The Balaban J connectivity index is 1.34. The lowest BCUT2D eigenvalue weighted by Gasteiger charge is -2.17. The molecule has 0 bridgehead atoms. The summed E-state index contributed by atoms with van der Waals surface area (Å²) in [5, 5.41) is 9.14. The second kappa shape index (κ2) is 7.48. The minimum atomic E-state index is -0.0613. The number of para-hydroxylation sites is 1. The topological polar surface area (TPSA) is 65.2 Å². The van der Waals surface area contributed by atoms with E-state index < -0.39 is 0 Å². The first-order chi connectivity index (χ1) is 14.2. The maximum atomic E-state index is 13.2. The van der Waals surface area contributed by atoms with E-state index in [0.29, 0.717) is 31.4 Å². The lowest BCUT2D eigenvalue weighted by Crippen LogP contribution is -2.28. The van der Waals surface area contributed by atoms with E-state index in [2.05, 4.69) is 9.78 Å². The van der Waals surface area contributed by atoms with Gasteiger partial charge in [0, 0.05) is 49.6 Å². The summed E-state index contributed by atoms with van der Waals surface area (Å²) >= 11 is 0. The number of ether oxygens (including phenoxy) is 1. The molecule has 1 aliphatic carbocycles. The van der Waals surface area contributed by atoms with Crippen LogP contribution in [0.2, 0.25) is 0 Å². The predicted octanol–water partition coefficient (Wildman–Crippen LogP) is 2.82. The number of carbonyl (C=O) groups excluding carboxylic acids is 1. The highest BCUT2D eigenvalue weighted by atomic mass is 16.5. The van der Waals surface area contributed by atoms with Crippen LogP contribution < -0.4 is 0 Å². The zero-order chi connectivity index (χ0) is 19.8. The van der Waals surface area contributed by atoms with Crippen LogP contribution in [0.25, 0.3) is 5.69 Å². The largest absolute Gasteiger partial charge is 0.376 e. The number of amides is 1. The van der Waals surface area contributed by atoms with Gasteiger partial charge in [0.05, 0.1) is 25.1 Å². The molecule has 1 amide bonds. The third kappa shape index (κ3) is 3.70. The maximum absolute atomic E-state index is 13.2. The van der Waals surface area contributed by atoms with Crippen LogP contribution in [0.5, 0.6) is 0 Å². The van der Waals surface area contributed by atoms with Crippen molar-refractivity contribution >= 4 is 5.91 Å². The molecule has 2 aliphatic rings. The van der Waals surface area contributed by atoms with Gasteiger partial charge in [0.15, 0.2) is 5.69 Å². The molecule has 1 fully saturated rings. The highest BCUT2D eigenvalue weighted by molar-refractivity contribution is 5.93. The average Bonchev–Trinajstić information content (AvgIpc) is 3.33. The van der Waals surface area contributed by atoms with Crippen molar-refractivity contribution in [2.45, 2.75) is 39.0 Å². The first kappa shape index (κ1) is 18.1. The van der Waals surface area contributed by atoms with E-state index in [0.717, 1.165) is 29.8 Å². The van der Waals surface area contributed by atoms with Crippen molar-refractivity contribution < 1.29 is 9.53 Å². The van der Waals surface area contributed by atoms with Gasteiger partial charge in [-0.3, -0.25) is 9.48 Å². The molecule has 0 saturated heterocycles. The second-order valence-corrected chi connectivity index (χ2v) is 7.99. The number of rotatable bonds is 6. The first-order valence-electron chi connectivity index (χ1n) is 10.2. The summed E-state index contributed by atoms with van der Waals surface area (Å²) in [4.78, 5) is 14.9. The predicted molar refractivity (Wildman–Crippen MR) is 108 cm³/mol. The van der Waals surface area contributed by atoms with Gasteiger partial charge < -0.3 is 9.64 Å². The zero-order valence-electron chi connectivity index (χ0n) is 16.6. The zero-order valence-corrected chi connectivity index (χ0v) is 16.6. The number of aromatic nitrogens is 4. The Morgan fingerprint density at radius 3 is 2.90 bits per heavy atom. The molecule has 7 nitrogen and oxygen atoms in total. The summed E-state index contributed by atoms with van der Waals surface area (Å²) in [6.45, 7) is 2.58. The van der Waals surface area contributed by atoms with Crippen LogP contribution >= 0.6 is 0 Å². The Bertz CT molecular complexity index is 1020. The minimum absolute atomic E-state index is 0.0613. The molecule has 0 unspecified atom stereocenters. The maximum Gasteiger partial charge on any atom is 0.274 e. The van der Waals surface area contributed by atoms with Gasteiger partial charge in [0.1, 0.15) is 0 Å². The number of fused-ring (bicyclic) bond motifs is 1. The molecule has 1 aromatic carbocycles. The van der Waals surface area contributed by atoms with Crippen molar-refractivity contribution in [3.05, 3.63) is 65.2 Å². The van der Waals surface area contributed by atoms with Gasteiger partial charge in [0.25, 0.3) is 5.91 Å². The third-order valence-corrected chi connectivity index (χ3v) is 5.65. The van der Waals surface area contributed by atoms with Crippen LogP contribution in [0.4, 0.5) is 0 Å². The van der Waals surface area contributed by atoms with Gasteiger partial charge in [-0.25, -0.2) is 4.68 Å². The molecule has 29 heavy (non-hydrogen) atoms. The van der Waals surface area contributed by atoms with Crippen LogP contribution in [0.1, 0.15) is 40.2 Å². The van der Waals surface area contributed by atoms with Crippen LogP contribution in [-0.4, -0.2) is 44.0 Å². The Morgan fingerprint density at radius 1 is 1.28 bits per heavy atom. The molecule has 0 radical (unpaired) electrons. The summed E-state index contributed by atoms with van der Waals surface area (Å²) in [7, 11) is 1.82. The van der Waals surface area contributed by atoms with Crippen molar-refractivity contribution in [3.63, 3.8) is 0 Å². The number of benzene rings is 1. The highest BCUT2D eigenvalue weighted by Gasteiger charge is 2.30. The summed E-state index contributed by atoms with van der Waals surface area (Å²) < 4.78 is 9.52. The van der Waals surface area contributed by atoms with Crippen molar-refractivity contribution in [2.75, 3.05) is 13.7 Å². The molecule has 3 aromatic rings. The van der Waals surface area contributed by atoms with Crippen LogP contribution in [-0.2, 0) is 30.9 Å². The quantitative estimate of drug-likeness (QED) is 0.648. The number of hydrogen-bond acceptors (Lipinski definition) is 4. The van der Waals surface area contributed by atoms with Crippen LogP contribution in [0.15, 0.2) is 42.7 Å². The Morgan fingerprint density at radius 2 is 2.10 bits per heavy atom. The number of hydrogen-bond donors (Lipinski definition) is 0. The van der Waals surface area contributed by atoms with Gasteiger partial charge in [-0.15, -0.1) is 0 Å². The van der Waals surface area contributed by atoms with Crippen molar-refractivity contribution in [1.82, 2.24) is 24.5 Å². The van der Waals surface area contributed by atoms with E-state index >= 15 is 0 Å². The minimum Gasteiger partial charge on any atom is -0.376 e. The van der Waals surface area contributed by atoms with Gasteiger partial charge in [-0.05, 0) is 30.9 Å². The van der Waals surface area contributed by atoms with E-state index in [4.69, 9.17) is 9.84 Å². The molecule has 3 heterocycles. The molecule has 7 heteroatoms. The molecule has 2 aromatic heterocycles. The molecule has 1 saturated carbocycles. The molecular formula is C22H25N5O2. The highest BCUT2D eigenvalue weighted by Crippen LogP contribution is 2.32. The summed E-state index contributed by atoms with van der Waals surface area (Å²) in [5.74, 6) is 0.653. The molecule has 150 valence electrons. The molecule has 0 spiro atoms. The second-order valence-electron chi connectivity index (χ2n) is 7.99. The number of nitrogens with zero attached hydrogens (tertiary/aromatic N) is 5. The lowest BCUT2D eigenvalue weighted by atomic mass is 10.1.